The number of hydrogen-bond donors (Lipinski definition) is 0. The van der Waals surface area contributed by atoms with Crippen molar-refractivity contribution in [3.05, 3.63) is 48.0 Å². The van der Waals surface area contributed by atoms with E-state index in [-0.39, 0.29) is 18.8 Å². The van der Waals surface area contributed by atoms with Gasteiger partial charge in [0.2, 0.25) is 3.79 Å². The summed E-state index contributed by atoms with van der Waals surface area (Å²) >= 11 is 16.9. The number of benzene rings is 1. The van der Waals surface area contributed by atoms with Gasteiger partial charge < -0.3 is 18.9 Å². The van der Waals surface area contributed by atoms with Crippen molar-refractivity contribution in [2.75, 3.05) is 13.2 Å². The monoisotopic (exact) mass is 592 g/mol. The predicted octanol–water partition coefficient (Wildman–Crippen LogP) is 6.18. The molecule has 0 aliphatic carbocycles. The van der Waals surface area contributed by atoms with Gasteiger partial charge in [-0.05, 0) is 45.8 Å². The number of ketones is 2. The number of alkyl halides is 3. The molecule has 11 heteroatoms. The molecular weight excluding hydrogens is 559 g/mol. The van der Waals surface area contributed by atoms with Gasteiger partial charge in [-0.1, -0.05) is 78.6 Å². The normalized spacial score (nSPS) is 13.7. The minimum atomic E-state index is -1.87. The molecule has 2 atom stereocenters. The van der Waals surface area contributed by atoms with Gasteiger partial charge in [0.1, 0.15) is 24.7 Å². The summed E-state index contributed by atoms with van der Waals surface area (Å²) in [6.45, 7) is 12.8. The Morgan fingerprint density at radius 1 is 0.974 bits per heavy atom. The number of carbonyl (C=O) groups is 4. The molecule has 8 nitrogen and oxygen atoms in total. The second kappa shape index (κ2) is 14.3. The van der Waals surface area contributed by atoms with Crippen molar-refractivity contribution in [1.82, 2.24) is 0 Å². The lowest BCUT2D eigenvalue weighted by molar-refractivity contribution is -0.158. The molecule has 1 aromatic rings. The van der Waals surface area contributed by atoms with Crippen molar-refractivity contribution in [2.45, 2.75) is 70.1 Å². The van der Waals surface area contributed by atoms with E-state index in [1.165, 1.54) is 20.8 Å². The first-order chi connectivity index (χ1) is 17.3. The van der Waals surface area contributed by atoms with Crippen LogP contribution < -0.4 is 0 Å². The number of halogens is 3. The number of hydrogen-bond acceptors (Lipinski definition) is 8. The summed E-state index contributed by atoms with van der Waals surface area (Å²) in [6, 6.07) is 9.33. The topological polar surface area (TPSA) is 105 Å². The second-order valence-corrected chi connectivity index (χ2v) is 12.8. The molecule has 0 aromatic heterocycles. The average molecular weight is 594 g/mol. The molecule has 0 saturated carbocycles. The summed E-state index contributed by atoms with van der Waals surface area (Å²) in [5.74, 6) is -3.06. The largest absolute Gasteiger partial charge is 0.509 e. The van der Waals surface area contributed by atoms with Crippen LogP contribution in [0.5, 0.6) is 0 Å². The van der Waals surface area contributed by atoms with Gasteiger partial charge in [-0.3, -0.25) is 14.4 Å². The molecule has 0 spiro atoms. The van der Waals surface area contributed by atoms with Gasteiger partial charge in [0.05, 0.1) is 24.5 Å². The minimum Gasteiger partial charge on any atom is -0.460 e. The van der Waals surface area contributed by atoms with Crippen LogP contribution in [0.1, 0.15) is 53.5 Å². The quantitative estimate of drug-likeness (QED) is 0.115. The highest BCUT2D eigenvalue weighted by Crippen LogP contribution is 2.30. The van der Waals surface area contributed by atoms with Crippen LogP contribution >= 0.6 is 34.8 Å². The maximum atomic E-state index is 13.5. The Balaban J connectivity index is 3.03. The highest BCUT2D eigenvalue weighted by Gasteiger charge is 2.43. The lowest BCUT2D eigenvalue weighted by Crippen LogP contribution is -2.44. The van der Waals surface area contributed by atoms with Crippen LogP contribution in [-0.4, -0.2) is 52.4 Å². The summed E-state index contributed by atoms with van der Waals surface area (Å²) in [6.07, 6.45) is -3.04. The van der Waals surface area contributed by atoms with Crippen molar-refractivity contribution in [2.24, 2.45) is 11.3 Å². The molecule has 0 aliphatic rings. The third-order valence-electron chi connectivity index (χ3n) is 5.28. The van der Waals surface area contributed by atoms with Crippen molar-refractivity contribution >= 4 is 58.5 Å². The van der Waals surface area contributed by atoms with Crippen molar-refractivity contribution < 1.29 is 38.1 Å². The van der Waals surface area contributed by atoms with Crippen LogP contribution in [0.15, 0.2) is 42.5 Å². The zero-order chi connectivity index (χ0) is 29.3. The van der Waals surface area contributed by atoms with E-state index in [4.69, 9.17) is 53.8 Å². The maximum absolute atomic E-state index is 13.5. The number of Topliss-reactive ketones (excluding diaryl/α,β-unsaturated/α-hetero) is 2. The molecule has 0 saturated heterocycles. The zero-order valence-corrected chi connectivity index (χ0v) is 24.7. The Kier molecular flexibility index (Phi) is 12.8. The Bertz CT molecular complexity index is 994. The third-order valence-corrected chi connectivity index (χ3v) is 5.61. The molecule has 0 fully saturated rings. The molecule has 0 bridgehead atoms. The van der Waals surface area contributed by atoms with Gasteiger partial charge in [0, 0.05) is 0 Å². The van der Waals surface area contributed by atoms with Gasteiger partial charge in [-0.15, -0.1) is 0 Å². The first kappa shape index (κ1) is 33.9. The molecule has 1 aromatic carbocycles. The molecule has 1 unspecified atom stereocenters. The Labute approximate surface area is 238 Å². The SMILES string of the molecule is C=C(COCc1ccccc1)[C@H](OC(=O)OCC(Cl)(Cl)Cl)C(C)C(=O)C(C)(C)C(=O)CC(=O)OC(C)(C)C. The van der Waals surface area contributed by atoms with Crippen LogP contribution in [0.3, 0.4) is 0 Å². The maximum Gasteiger partial charge on any atom is 0.509 e. The summed E-state index contributed by atoms with van der Waals surface area (Å²) in [7, 11) is 0. The summed E-state index contributed by atoms with van der Waals surface area (Å²) in [5, 5.41) is 0. The van der Waals surface area contributed by atoms with Crippen LogP contribution in [-0.2, 0) is 39.9 Å². The number of ether oxygens (including phenoxy) is 4. The Hall–Kier alpha value is -2.13. The van der Waals surface area contributed by atoms with E-state index >= 15 is 0 Å². The molecular formula is C27H35Cl3O8. The van der Waals surface area contributed by atoms with Crippen LogP contribution in [0.25, 0.3) is 0 Å². The first-order valence-electron chi connectivity index (χ1n) is 11.8. The average Bonchev–Trinajstić information content (AvgIpc) is 2.79. The van der Waals surface area contributed by atoms with E-state index in [1.807, 2.05) is 30.3 Å². The third kappa shape index (κ3) is 12.2. The highest BCUT2D eigenvalue weighted by atomic mass is 35.6. The van der Waals surface area contributed by atoms with E-state index < -0.39 is 63.5 Å². The van der Waals surface area contributed by atoms with Crippen molar-refractivity contribution in [3.8, 4) is 0 Å². The van der Waals surface area contributed by atoms with E-state index in [1.54, 1.807) is 20.8 Å². The van der Waals surface area contributed by atoms with Crippen LogP contribution in [0.4, 0.5) is 4.79 Å². The fraction of sp³-hybridized carbons (Fsp3) is 0.556. The number of esters is 1. The fourth-order valence-electron chi connectivity index (χ4n) is 3.35. The summed E-state index contributed by atoms with van der Waals surface area (Å²) in [5.41, 5.74) is -1.26. The second-order valence-electron chi connectivity index (χ2n) is 10.3. The zero-order valence-electron chi connectivity index (χ0n) is 22.5. The van der Waals surface area contributed by atoms with E-state index in [2.05, 4.69) is 6.58 Å². The van der Waals surface area contributed by atoms with Crippen molar-refractivity contribution in [1.29, 1.82) is 0 Å². The minimum absolute atomic E-state index is 0.0683. The molecule has 212 valence electrons. The molecule has 0 radical (unpaired) electrons. The molecule has 0 N–H and O–H groups in total. The Morgan fingerprint density at radius 2 is 1.55 bits per heavy atom. The number of carbonyl (C=O) groups excluding carboxylic acids is 4. The lowest BCUT2D eigenvalue weighted by atomic mass is 9.75. The molecule has 1 rings (SSSR count). The smallest absolute Gasteiger partial charge is 0.460 e. The van der Waals surface area contributed by atoms with E-state index in [0.29, 0.717) is 0 Å². The lowest BCUT2D eigenvalue weighted by Gasteiger charge is -2.31. The highest BCUT2D eigenvalue weighted by molar-refractivity contribution is 6.67. The first-order valence-corrected chi connectivity index (χ1v) is 13.0. The van der Waals surface area contributed by atoms with Gasteiger partial charge in [-0.25, -0.2) is 4.79 Å². The van der Waals surface area contributed by atoms with E-state index in [9.17, 15) is 19.2 Å². The van der Waals surface area contributed by atoms with Crippen LogP contribution in [0.2, 0.25) is 0 Å². The van der Waals surface area contributed by atoms with E-state index in [0.717, 1.165) is 5.56 Å². The fourth-order valence-corrected chi connectivity index (χ4v) is 3.51. The van der Waals surface area contributed by atoms with Crippen LogP contribution in [0, 0.1) is 11.3 Å². The molecule has 0 amide bonds. The van der Waals surface area contributed by atoms with Crippen molar-refractivity contribution in [3.63, 3.8) is 0 Å². The van der Waals surface area contributed by atoms with Gasteiger partial charge in [-0.2, -0.15) is 0 Å². The van der Waals surface area contributed by atoms with Gasteiger partial charge in [0.25, 0.3) is 0 Å². The van der Waals surface area contributed by atoms with Gasteiger partial charge >= 0.3 is 12.1 Å². The molecule has 0 heterocycles. The predicted molar refractivity (Wildman–Crippen MR) is 145 cm³/mol. The molecule has 0 aliphatic heterocycles. The Morgan fingerprint density at radius 3 is 2.08 bits per heavy atom. The number of rotatable bonds is 13. The molecule has 38 heavy (non-hydrogen) atoms. The summed E-state index contributed by atoms with van der Waals surface area (Å²) in [4.78, 5) is 50.9. The standard InChI is InChI=1S/C27H35Cl3O8/c1-17(14-35-15-19-11-9-8-10-12-19)22(37-24(34)36-16-27(28,29)30)18(2)23(33)26(6,7)20(31)13-21(32)38-25(3,4)5/h8-12,18,22H,1,13-16H2,2-7H3/t18?,22-/m0/s1. The summed E-state index contributed by atoms with van der Waals surface area (Å²) < 4.78 is 19.2. The van der Waals surface area contributed by atoms with Gasteiger partial charge in [0.15, 0.2) is 11.6 Å².